The Morgan fingerprint density at radius 1 is 0.676 bits per heavy atom. The summed E-state index contributed by atoms with van der Waals surface area (Å²) in [5.41, 5.74) is 4.30. The Bertz CT molecular complexity index is 1220. The lowest BCUT2D eigenvalue weighted by atomic mass is 9.86. The van der Waals surface area contributed by atoms with Crippen molar-refractivity contribution in [3.63, 3.8) is 0 Å². The van der Waals surface area contributed by atoms with Gasteiger partial charge in [-0.3, -0.25) is 19.6 Å². The summed E-state index contributed by atoms with van der Waals surface area (Å²) in [4.78, 5) is 34.0. The van der Waals surface area contributed by atoms with Crippen molar-refractivity contribution in [2.75, 3.05) is 11.9 Å². The molecule has 188 valence electrons. The zero-order valence-electron chi connectivity index (χ0n) is 20.6. The third-order valence-corrected chi connectivity index (χ3v) is 6.80. The molecular formula is C31H29BrN2O3. The summed E-state index contributed by atoms with van der Waals surface area (Å²) in [5.74, 6) is 0.599. The lowest BCUT2D eigenvalue weighted by molar-refractivity contribution is 0.0944. The maximum Gasteiger partial charge on any atom is 0.163 e. The fourth-order valence-corrected chi connectivity index (χ4v) is 4.54. The average Bonchev–Trinajstić information content (AvgIpc) is 2.96. The molecule has 2 aromatic heterocycles. The Balaban J connectivity index is 1.49. The summed E-state index contributed by atoms with van der Waals surface area (Å²) in [5, 5.41) is 0.988. The number of benzene rings is 2. The van der Waals surface area contributed by atoms with Crippen LogP contribution in [0.3, 0.4) is 0 Å². The molecular weight excluding hydrogens is 528 g/mol. The van der Waals surface area contributed by atoms with Crippen LogP contribution in [-0.4, -0.2) is 33.5 Å². The van der Waals surface area contributed by atoms with Crippen molar-refractivity contribution < 1.29 is 14.3 Å². The zero-order valence-corrected chi connectivity index (χ0v) is 22.1. The van der Waals surface area contributed by atoms with Crippen LogP contribution in [0.1, 0.15) is 57.9 Å². The van der Waals surface area contributed by atoms with Gasteiger partial charge in [-0.15, -0.1) is 0 Å². The molecule has 0 saturated carbocycles. The van der Waals surface area contributed by atoms with Crippen molar-refractivity contribution >= 4 is 27.5 Å². The van der Waals surface area contributed by atoms with E-state index in [0.717, 1.165) is 40.6 Å². The van der Waals surface area contributed by atoms with Gasteiger partial charge in [0.05, 0.1) is 6.61 Å². The molecule has 4 rings (SSSR count). The number of unbranched alkanes of at least 4 members (excludes halogenated alkanes) is 1. The van der Waals surface area contributed by atoms with Gasteiger partial charge in [-0.25, -0.2) is 0 Å². The van der Waals surface area contributed by atoms with E-state index >= 15 is 0 Å². The lowest BCUT2D eigenvalue weighted by Crippen LogP contribution is -2.13. The molecule has 37 heavy (non-hydrogen) atoms. The molecule has 6 heteroatoms. The number of carbonyl (C=O) groups excluding carboxylic acids is 2. The van der Waals surface area contributed by atoms with Crippen molar-refractivity contribution in [2.45, 2.75) is 31.6 Å². The van der Waals surface area contributed by atoms with E-state index in [1.807, 2.05) is 48.5 Å². The highest BCUT2D eigenvalue weighted by Gasteiger charge is 2.21. The minimum Gasteiger partial charge on any atom is -0.494 e. The van der Waals surface area contributed by atoms with Gasteiger partial charge in [0.25, 0.3) is 0 Å². The van der Waals surface area contributed by atoms with Gasteiger partial charge in [-0.2, -0.15) is 0 Å². The molecule has 0 amide bonds. The second-order valence-electron chi connectivity index (χ2n) is 8.81. The number of ether oxygens (including phenoxy) is 1. The van der Waals surface area contributed by atoms with Crippen LogP contribution in [0.2, 0.25) is 0 Å². The number of halogens is 1. The maximum absolute atomic E-state index is 13.0. The van der Waals surface area contributed by atoms with E-state index in [1.54, 1.807) is 49.1 Å². The molecule has 5 nitrogen and oxygen atoms in total. The fraction of sp³-hybridized carbons (Fsp3) is 0.226. The van der Waals surface area contributed by atoms with Crippen LogP contribution in [0, 0.1) is 0 Å². The molecule has 0 N–H and O–H groups in total. The van der Waals surface area contributed by atoms with E-state index < -0.39 is 0 Å². The van der Waals surface area contributed by atoms with Gasteiger partial charge in [-0.1, -0.05) is 52.3 Å². The third kappa shape index (κ3) is 7.67. The minimum atomic E-state index is -0.245. The van der Waals surface area contributed by atoms with Crippen LogP contribution in [0.15, 0.2) is 97.6 Å². The second kappa shape index (κ2) is 13.6. The first kappa shape index (κ1) is 26.4. The number of ketones is 2. The summed E-state index contributed by atoms with van der Waals surface area (Å²) < 4.78 is 5.80. The summed E-state index contributed by atoms with van der Waals surface area (Å²) >= 11 is 3.44. The number of rotatable bonds is 13. The first-order valence-corrected chi connectivity index (χ1v) is 13.5. The number of aromatic nitrogens is 2. The van der Waals surface area contributed by atoms with Crippen LogP contribution >= 0.6 is 15.9 Å². The van der Waals surface area contributed by atoms with Gasteiger partial charge in [0.1, 0.15) is 5.75 Å². The summed E-state index contributed by atoms with van der Waals surface area (Å²) in [6.07, 6.45) is 9.02. The topological polar surface area (TPSA) is 69.2 Å². The molecule has 4 aromatic rings. The standard InChI is InChI=1S/C31H29BrN2O3/c32-15-1-2-20-37-29-9-7-24(8-10-29)23-3-5-25(6-4-23)28(21-30(35)26-11-16-33-17-12-26)22-31(36)27-13-18-34-19-14-27/h3-14,16-19,28H,1-2,15,20-22H2. The number of hydrogen-bond donors (Lipinski definition) is 0. The summed E-state index contributed by atoms with van der Waals surface area (Å²) in [6, 6.07) is 23.0. The third-order valence-electron chi connectivity index (χ3n) is 6.23. The first-order valence-electron chi connectivity index (χ1n) is 12.4. The van der Waals surface area contributed by atoms with Gasteiger partial charge in [0.15, 0.2) is 11.6 Å². The molecule has 0 bridgehead atoms. The van der Waals surface area contributed by atoms with Crippen molar-refractivity contribution in [3.8, 4) is 16.9 Å². The van der Waals surface area contributed by atoms with E-state index in [2.05, 4.69) is 25.9 Å². The quantitative estimate of drug-likeness (QED) is 0.0979. The lowest BCUT2D eigenvalue weighted by Gasteiger charge is -2.17. The normalized spacial score (nSPS) is 10.9. The molecule has 0 aliphatic carbocycles. The van der Waals surface area contributed by atoms with E-state index in [4.69, 9.17) is 4.74 Å². The number of alkyl halides is 1. The van der Waals surface area contributed by atoms with Crippen LogP contribution in [0.5, 0.6) is 5.75 Å². The van der Waals surface area contributed by atoms with Crippen LogP contribution in [-0.2, 0) is 0 Å². The van der Waals surface area contributed by atoms with Crippen LogP contribution < -0.4 is 4.74 Å². The monoisotopic (exact) mass is 556 g/mol. The Morgan fingerprint density at radius 2 is 1.16 bits per heavy atom. The predicted molar refractivity (Wildman–Crippen MR) is 150 cm³/mol. The van der Waals surface area contributed by atoms with Crippen molar-refractivity contribution in [1.82, 2.24) is 9.97 Å². The van der Waals surface area contributed by atoms with Gasteiger partial charge in [0, 0.05) is 54.1 Å². The Hall–Kier alpha value is -3.64. The highest BCUT2D eigenvalue weighted by Crippen LogP contribution is 2.30. The van der Waals surface area contributed by atoms with Crippen LogP contribution in [0.4, 0.5) is 0 Å². The smallest absolute Gasteiger partial charge is 0.163 e. The van der Waals surface area contributed by atoms with E-state index in [1.165, 1.54) is 0 Å². The van der Waals surface area contributed by atoms with Gasteiger partial charge < -0.3 is 4.74 Å². The molecule has 0 spiro atoms. The first-order chi connectivity index (χ1) is 18.1. The minimum absolute atomic E-state index is 0.00859. The molecule has 0 unspecified atom stereocenters. The number of Topliss-reactive ketones (excluding diaryl/α,β-unsaturated/α-hetero) is 2. The molecule has 0 saturated heterocycles. The average molecular weight is 557 g/mol. The molecule has 2 aromatic carbocycles. The van der Waals surface area contributed by atoms with Crippen molar-refractivity contribution in [2.24, 2.45) is 0 Å². The number of hydrogen-bond acceptors (Lipinski definition) is 5. The van der Waals surface area contributed by atoms with Crippen molar-refractivity contribution in [3.05, 3.63) is 114 Å². The van der Waals surface area contributed by atoms with E-state index in [9.17, 15) is 9.59 Å². The zero-order chi connectivity index (χ0) is 25.9. The molecule has 2 heterocycles. The Morgan fingerprint density at radius 3 is 1.65 bits per heavy atom. The largest absolute Gasteiger partial charge is 0.494 e. The highest BCUT2D eigenvalue weighted by molar-refractivity contribution is 9.09. The molecule has 0 aliphatic heterocycles. The molecule has 0 radical (unpaired) electrons. The second-order valence-corrected chi connectivity index (χ2v) is 9.61. The fourth-order valence-electron chi connectivity index (χ4n) is 4.14. The maximum atomic E-state index is 13.0. The SMILES string of the molecule is O=C(CC(CC(=O)c1ccncc1)c1ccc(-c2ccc(OCCCCBr)cc2)cc1)c1ccncc1. The van der Waals surface area contributed by atoms with E-state index in [0.29, 0.717) is 17.7 Å². The molecule has 0 fully saturated rings. The van der Waals surface area contributed by atoms with Crippen molar-refractivity contribution in [1.29, 1.82) is 0 Å². The summed E-state index contributed by atoms with van der Waals surface area (Å²) in [7, 11) is 0. The number of nitrogens with zero attached hydrogens (tertiary/aromatic N) is 2. The molecule has 0 atom stereocenters. The summed E-state index contributed by atoms with van der Waals surface area (Å²) in [6.45, 7) is 0.706. The Kier molecular flexibility index (Phi) is 9.72. The number of carbonyl (C=O) groups is 2. The molecule has 0 aliphatic rings. The van der Waals surface area contributed by atoms with E-state index in [-0.39, 0.29) is 30.3 Å². The van der Waals surface area contributed by atoms with Crippen LogP contribution in [0.25, 0.3) is 11.1 Å². The van der Waals surface area contributed by atoms with Gasteiger partial charge >= 0.3 is 0 Å². The predicted octanol–water partition coefficient (Wildman–Crippen LogP) is 7.33. The van der Waals surface area contributed by atoms with Gasteiger partial charge in [0.2, 0.25) is 0 Å². The highest BCUT2D eigenvalue weighted by atomic mass is 79.9. The Labute approximate surface area is 226 Å². The number of pyridine rings is 2. The van der Waals surface area contributed by atoms with Gasteiger partial charge in [-0.05, 0) is 71.8 Å².